The maximum atomic E-state index is 10.2. The second kappa shape index (κ2) is 7.13. The Morgan fingerprint density at radius 2 is 2.00 bits per heavy atom. The molecule has 1 heterocycles. The van der Waals surface area contributed by atoms with Crippen molar-refractivity contribution in [2.24, 2.45) is 0 Å². The largest absolute Gasteiger partial charge is 0.388 e. The second-order valence-corrected chi connectivity index (χ2v) is 6.95. The smallest absolute Gasteiger partial charge is 0.123 e. The van der Waals surface area contributed by atoms with Crippen LogP contribution in [-0.4, -0.2) is 47.8 Å². The Labute approximate surface area is 130 Å². The number of thiazole rings is 1. The lowest BCUT2D eigenvalue weighted by atomic mass is 10.1. The normalized spacial score (nSPS) is 14.3. The van der Waals surface area contributed by atoms with E-state index in [4.69, 9.17) is 0 Å². The summed E-state index contributed by atoms with van der Waals surface area (Å²) in [5.41, 5.74) is 0.421. The molecular formula is C16H23N3OS. The Morgan fingerprint density at radius 1 is 1.29 bits per heavy atom. The topological polar surface area (TPSA) is 48.4 Å². The van der Waals surface area contributed by atoms with Gasteiger partial charge in [-0.2, -0.15) is 0 Å². The van der Waals surface area contributed by atoms with E-state index >= 15 is 0 Å². The first kappa shape index (κ1) is 16.1. The zero-order valence-electron chi connectivity index (χ0n) is 12.8. The molecule has 0 radical (unpaired) electrons. The van der Waals surface area contributed by atoms with Crippen LogP contribution in [0.3, 0.4) is 0 Å². The van der Waals surface area contributed by atoms with Crippen LogP contribution in [0.15, 0.2) is 36.5 Å². The molecule has 2 aromatic rings. The first-order valence-corrected chi connectivity index (χ1v) is 7.86. The van der Waals surface area contributed by atoms with Crippen LogP contribution in [0.2, 0.25) is 0 Å². The summed E-state index contributed by atoms with van der Waals surface area (Å²) in [6, 6.07) is 10.2. The van der Waals surface area contributed by atoms with Gasteiger partial charge in [0.05, 0.1) is 5.60 Å². The first-order valence-electron chi connectivity index (χ1n) is 7.04. The summed E-state index contributed by atoms with van der Waals surface area (Å²) < 4.78 is 0. The Bertz CT molecular complexity index is 552. The zero-order chi connectivity index (χ0) is 15.3. The summed E-state index contributed by atoms with van der Waals surface area (Å²) in [5.74, 6) is 0. The van der Waals surface area contributed by atoms with Crippen molar-refractivity contribution in [3.05, 3.63) is 41.4 Å². The summed E-state index contributed by atoms with van der Waals surface area (Å²) in [5, 5.41) is 14.6. The molecular weight excluding hydrogens is 282 g/mol. The van der Waals surface area contributed by atoms with Gasteiger partial charge in [0, 0.05) is 36.3 Å². The number of aromatic nitrogens is 1. The standard InChI is InChI=1S/C16H23N3OS/c1-16(20,12-19(2)3)11-17-9-14-10-18-15(21-14)13-7-5-4-6-8-13/h4-8,10,17,20H,9,11-12H2,1-3H3. The number of aliphatic hydroxyl groups is 1. The molecule has 114 valence electrons. The highest BCUT2D eigenvalue weighted by atomic mass is 32.1. The average Bonchev–Trinajstić information content (AvgIpc) is 2.87. The van der Waals surface area contributed by atoms with Gasteiger partial charge < -0.3 is 15.3 Å². The van der Waals surface area contributed by atoms with Gasteiger partial charge in [0.1, 0.15) is 5.01 Å². The number of benzene rings is 1. The van der Waals surface area contributed by atoms with Crippen molar-refractivity contribution in [2.45, 2.75) is 19.1 Å². The fraction of sp³-hybridized carbons (Fsp3) is 0.438. The van der Waals surface area contributed by atoms with Crippen molar-refractivity contribution < 1.29 is 5.11 Å². The van der Waals surface area contributed by atoms with E-state index in [1.165, 1.54) is 4.88 Å². The van der Waals surface area contributed by atoms with E-state index in [1.807, 2.05) is 50.3 Å². The highest BCUT2D eigenvalue weighted by Gasteiger charge is 2.20. The molecule has 1 atom stereocenters. The predicted molar refractivity (Wildman–Crippen MR) is 88.4 cm³/mol. The molecule has 21 heavy (non-hydrogen) atoms. The van der Waals surface area contributed by atoms with Crippen molar-refractivity contribution in [1.82, 2.24) is 15.2 Å². The Morgan fingerprint density at radius 3 is 2.67 bits per heavy atom. The SMILES string of the molecule is CN(C)CC(C)(O)CNCc1cnc(-c2ccccc2)s1. The minimum atomic E-state index is -0.726. The molecule has 0 aliphatic rings. The molecule has 1 unspecified atom stereocenters. The lowest BCUT2D eigenvalue weighted by Crippen LogP contribution is -2.45. The summed E-state index contributed by atoms with van der Waals surface area (Å²) in [7, 11) is 3.92. The summed E-state index contributed by atoms with van der Waals surface area (Å²) in [6.07, 6.45) is 1.90. The van der Waals surface area contributed by atoms with E-state index in [9.17, 15) is 5.11 Å². The van der Waals surface area contributed by atoms with E-state index < -0.39 is 5.60 Å². The number of likely N-dealkylation sites (N-methyl/N-ethyl adjacent to an activating group) is 1. The van der Waals surface area contributed by atoms with Gasteiger partial charge in [-0.25, -0.2) is 4.98 Å². The Hall–Kier alpha value is -1.27. The van der Waals surface area contributed by atoms with Crippen LogP contribution in [-0.2, 0) is 6.54 Å². The van der Waals surface area contributed by atoms with E-state index in [-0.39, 0.29) is 0 Å². The van der Waals surface area contributed by atoms with Gasteiger partial charge in [-0.15, -0.1) is 11.3 Å². The van der Waals surface area contributed by atoms with E-state index in [2.05, 4.69) is 22.4 Å². The van der Waals surface area contributed by atoms with E-state index in [0.29, 0.717) is 13.1 Å². The number of nitrogens with zero attached hydrogens (tertiary/aromatic N) is 2. The molecule has 0 saturated carbocycles. The molecule has 2 rings (SSSR count). The maximum absolute atomic E-state index is 10.2. The lowest BCUT2D eigenvalue weighted by molar-refractivity contribution is 0.0336. The van der Waals surface area contributed by atoms with Crippen molar-refractivity contribution >= 4 is 11.3 Å². The summed E-state index contributed by atoms with van der Waals surface area (Å²) >= 11 is 1.68. The van der Waals surface area contributed by atoms with Crippen LogP contribution in [0.4, 0.5) is 0 Å². The summed E-state index contributed by atoms with van der Waals surface area (Å²) in [4.78, 5) is 7.62. The van der Waals surface area contributed by atoms with Crippen LogP contribution in [0.1, 0.15) is 11.8 Å². The molecule has 1 aromatic carbocycles. The van der Waals surface area contributed by atoms with Crippen molar-refractivity contribution in [3.63, 3.8) is 0 Å². The van der Waals surface area contributed by atoms with Crippen LogP contribution in [0.5, 0.6) is 0 Å². The van der Waals surface area contributed by atoms with Crippen LogP contribution < -0.4 is 5.32 Å². The predicted octanol–water partition coefficient (Wildman–Crippen LogP) is 2.21. The zero-order valence-corrected chi connectivity index (χ0v) is 13.7. The van der Waals surface area contributed by atoms with Gasteiger partial charge in [-0.3, -0.25) is 0 Å². The third-order valence-electron chi connectivity index (χ3n) is 3.04. The Balaban J connectivity index is 1.86. The van der Waals surface area contributed by atoms with E-state index in [1.54, 1.807) is 11.3 Å². The molecule has 4 nitrogen and oxygen atoms in total. The number of rotatable bonds is 7. The highest BCUT2D eigenvalue weighted by molar-refractivity contribution is 7.15. The third-order valence-corrected chi connectivity index (χ3v) is 4.08. The van der Waals surface area contributed by atoms with Crippen molar-refractivity contribution in [1.29, 1.82) is 0 Å². The Kier molecular flexibility index (Phi) is 5.47. The van der Waals surface area contributed by atoms with Crippen molar-refractivity contribution in [2.75, 3.05) is 27.2 Å². The second-order valence-electron chi connectivity index (χ2n) is 5.84. The number of nitrogens with one attached hydrogen (secondary N) is 1. The molecule has 0 aliphatic carbocycles. The molecule has 0 bridgehead atoms. The van der Waals surface area contributed by atoms with E-state index in [0.717, 1.165) is 17.1 Å². The third kappa shape index (κ3) is 5.21. The summed E-state index contributed by atoms with van der Waals surface area (Å²) in [6.45, 7) is 3.78. The molecule has 1 aromatic heterocycles. The first-order chi connectivity index (χ1) is 9.96. The monoisotopic (exact) mass is 305 g/mol. The molecule has 2 N–H and O–H groups in total. The molecule has 0 amide bonds. The minimum absolute atomic E-state index is 0.559. The van der Waals surface area contributed by atoms with Gasteiger partial charge >= 0.3 is 0 Å². The fourth-order valence-electron chi connectivity index (χ4n) is 2.30. The average molecular weight is 305 g/mol. The minimum Gasteiger partial charge on any atom is -0.388 e. The van der Waals surface area contributed by atoms with Crippen LogP contribution in [0, 0.1) is 0 Å². The number of hydrogen-bond donors (Lipinski definition) is 2. The van der Waals surface area contributed by atoms with Gasteiger partial charge in [-0.05, 0) is 21.0 Å². The van der Waals surface area contributed by atoms with Gasteiger partial charge in [0.15, 0.2) is 0 Å². The van der Waals surface area contributed by atoms with Gasteiger partial charge in [-0.1, -0.05) is 30.3 Å². The quantitative estimate of drug-likeness (QED) is 0.823. The van der Waals surface area contributed by atoms with Gasteiger partial charge in [0.2, 0.25) is 0 Å². The molecule has 0 fully saturated rings. The van der Waals surface area contributed by atoms with Crippen LogP contribution >= 0.6 is 11.3 Å². The van der Waals surface area contributed by atoms with Crippen molar-refractivity contribution in [3.8, 4) is 10.6 Å². The lowest BCUT2D eigenvalue weighted by Gasteiger charge is -2.27. The highest BCUT2D eigenvalue weighted by Crippen LogP contribution is 2.24. The van der Waals surface area contributed by atoms with Gasteiger partial charge in [0.25, 0.3) is 0 Å². The van der Waals surface area contributed by atoms with Crippen LogP contribution in [0.25, 0.3) is 10.6 Å². The molecule has 0 aliphatic heterocycles. The molecule has 0 spiro atoms. The number of hydrogen-bond acceptors (Lipinski definition) is 5. The molecule has 0 saturated heterocycles. The fourth-order valence-corrected chi connectivity index (χ4v) is 3.18. The molecule has 5 heteroatoms. The maximum Gasteiger partial charge on any atom is 0.123 e.